The van der Waals surface area contributed by atoms with E-state index < -0.39 is 18.3 Å². The van der Waals surface area contributed by atoms with Crippen LogP contribution in [0, 0.1) is 0 Å². The summed E-state index contributed by atoms with van der Waals surface area (Å²) in [5.41, 5.74) is 2.78. The van der Waals surface area contributed by atoms with Crippen LogP contribution < -0.4 is 5.72 Å². The first-order valence-electron chi connectivity index (χ1n) is 12.8. The summed E-state index contributed by atoms with van der Waals surface area (Å²) in [7, 11) is -0.721. The second kappa shape index (κ2) is 8.22. The van der Waals surface area contributed by atoms with Gasteiger partial charge in [0.25, 0.3) is 0 Å². The molecule has 6 aromatic rings. The average Bonchev–Trinajstić information content (AvgIpc) is 3.41. The second-order valence-electron chi connectivity index (χ2n) is 10.8. The highest BCUT2D eigenvalue weighted by Gasteiger charge is 2.53. The second-order valence-corrected chi connectivity index (χ2v) is 10.8. The maximum absolute atomic E-state index is 6.35. The van der Waals surface area contributed by atoms with Gasteiger partial charge in [0.05, 0.1) is 11.2 Å². The van der Waals surface area contributed by atoms with Crippen LogP contribution in [-0.2, 0) is 9.31 Å². The van der Waals surface area contributed by atoms with Crippen molar-refractivity contribution < 1.29 is 13.7 Å². The number of para-hydroxylation sites is 1. The highest BCUT2D eigenvalue weighted by Crippen LogP contribution is 2.38. The molecule has 7 heteroatoms. The van der Waals surface area contributed by atoms with Crippen molar-refractivity contribution in [3.63, 3.8) is 0 Å². The summed E-state index contributed by atoms with van der Waals surface area (Å²) in [5, 5.41) is 4.26. The van der Waals surface area contributed by atoms with Crippen LogP contribution in [0.2, 0.25) is 0 Å². The van der Waals surface area contributed by atoms with Crippen LogP contribution in [0.25, 0.3) is 55.5 Å². The molecule has 6 nitrogen and oxygen atoms in total. The zero-order chi connectivity index (χ0) is 26.1. The largest absolute Gasteiger partial charge is 0.534 e. The van der Waals surface area contributed by atoms with Crippen LogP contribution in [0.4, 0.5) is 0 Å². The molecule has 0 spiro atoms. The average molecular weight is 499 g/mol. The van der Waals surface area contributed by atoms with Crippen LogP contribution in [0.3, 0.4) is 0 Å². The van der Waals surface area contributed by atoms with Crippen LogP contribution in [-0.4, -0.2) is 33.3 Å². The Kier molecular flexibility index (Phi) is 4.99. The molecule has 3 heterocycles. The van der Waals surface area contributed by atoms with Crippen LogP contribution in [0.5, 0.6) is 0 Å². The number of rotatable bonds is 3. The fourth-order valence-electron chi connectivity index (χ4n) is 4.99. The Bertz CT molecular complexity index is 1840. The van der Waals surface area contributed by atoms with Gasteiger partial charge in [0.2, 0.25) is 0 Å². The van der Waals surface area contributed by atoms with Crippen LogP contribution in [0.15, 0.2) is 89.3 Å². The molecule has 7 rings (SSSR count). The summed E-state index contributed by atoms with van der Waals surface area (Å²) in [6.07, 6.45) is 0. The molecule has 1 aliphatic rings. The van der Waals surface area contributed by atoms with Gasteiger partial charge in [-0.05, 0) is 56.7 Å². The molecule has 38 heavy (non-hydrogen) atoms. The van der Waals surface area contributed by atoms with E-state index in [1.807, 2.05) is 82.3 Å². The molecule has 2 aromatic heterocycles. The Balaban J connectivity index is 1.46. The molecule has 0 atom stereocenters. The lowest BCUT2D eigenvalue weighted by Gasteiger charge is -2.32. The lowest BCUT2D eigenvalue weighted by atomic mass is 9.88. The Hall–Kier alpha value is -4.07. The van der Waals surface area contributed by atoms with E-state index in [9.17, 15) is 0 Å². The lowest BCUT2D eigenvalue weighted by Crippen LogP contribution is -2.41. The maximum atomic E-state index is 6.35. The summed E-state index contributed by atoms with van der Waals surface area (Å²) >= 11 is 0. The third-order valence-electron chi connectivity index (χ3n) is 7.77. The van der Waals surface area contributed by atoms with Crippen LogP contribution in [0.1, 0.15) is 27.7 Å². The molecule has 4 aromatic carbocycles. The molecular weight excluding hydrogens is 473 g/mol. The van der Waals surface area contributed by atoms with Gasteiger partial charge in [0, 0.05) is 21.9 Å². The minimum Gasteiger partial charge on any atom is -0.456 e. The SMILES string of the molecule is CC1(C)OB(c2nc(-c3ccc4ccccc4c3)nc(-c3cccc4oc5ccccc5c34)n2)OC1(C)C. The number of nitrogens with zero attached hydrogens (tertiary/aromatic N) is 3. The monoisotopic (exact) mass is 499 g/mol. The topological polar surface area (TPSA) is 70.3 Å². The van der Waals surface area contributed by atoms with Gasteiger partial charge in [-0.15, -0.1) is 0 Å². The van der Waals surface area contributed by atoms with E-state index in [1.165, 1.54) is 0 Å². The minimum atomic E-state index is -0.721. The number of aromatic nitrogens is 3. The molecule has 186 valence electrons. The first-order chi connectivity index (χ1) is 18.3. The number of benzene rings is 4. The van der Waals surface area contributed by atoms with Gasteiger partial charge in [-0.2, -0.15) is 0 Å². The Morgan fingerprint density at radius 2 is 1.32 bits per heavy atom. The standard InChI is InChI=1S/C31H26BN3O3/c1-30(2)31(3,4)38-32(37-30)29-34-27(21-17-16-19-10-5-6-11-20(19)18-21)33-28(35-29)23-13-9-15-25-26(23)22-12-7-8-14-24(22)36-25/h5-18H,1-4H3. The van der Waals surface area contributed by atoms with Gasteiger partial charge in [-0.25, -0.2) is 15.0 Å². The van der Waals surface area contributed by atoms with E-state index in [-0.39, 0.29) is 0 Å². The van der Waals surface area contributed by atoms with Gasteiger partial charge in [-0.1, -0.05) is 66.7 Å². The van der Waals surface area contributed by atoms with Crippen molar-refractivity contribution in [1.29, 1.82) is 0 Å². The zero-order valence-electron chi connectivity index (χ0n) is 21.7. The van der Waals surface area contributed by atoms with E-state index >= 15 is 0 Å². The summed E-state index contributed by atoms with van der Waals surface area (Å²) < 4.78 is 18.8. The number of furan rings is 1. The highest BCUT2D eigenvalue weighted by atomic mass is 16.7. The predicted octanol–water partition coefficient (Wildman–Crippen LogP) is 6.56. The Labute approximate surface area is 220 Å². The summed E-state index contributed by atoms with van der Waals surface area (Å²) in [4.78, 5) is 14.8. The van der Waals surface area contributed by atoms with E-state index in [0.29, 0.717) is 17.4 Å². The summed E-state index contributed by atoms with van der Waals surface area (Å²) in [6.45, 7) is 8.10. The summed E-state index contributed by atoms with van der Waals surface area (Å²) in [6, 6.07) is 28.5. The minimum absolute atomic E-state index is 0.446. The molecule has 0 amide bonds. The van der Waals surface area contributed by atoms with Crippen molar-refractivity contribution in [2.45, 2.75) is 38.9 Å². The number of fused-ring (bicyclic) bond motifs is 4. The molecule has 0 bridgehead atoms. The van der Waals surface area contributed by atoms with Crippen molar-refractivity contribution in [3.8, 4) is 22.8 Å². The fourth-order valence-corrected chi connectivity index (χ4v) is 4.99. The quantitative estimate of drug-likeness (QED) is 0.257. The molecule has 0 saturated carbocycles. The molecule has 1 fully saturated rings. The molecular formula is C31H26BN3O3. The molecule has 0 radical (unpaired) electrons. The van der Waals surface area contributed by atoms with E-state index in [1.54, 1.807) is 0 Å². The molecule has 0 aliphatic carbocycles. The molecule has 1 aliphatic heterocycles. The van der Waals surface area contributed by atoms with E-state index in [2.05, 4.69) is 30.3 Å². The third-order valence-corrected chi connectivity index (χ3v) is 7.77. The van der Waals surface area contributed by atoms with Gasteiger partial charge < -0.3 is 13.7 Å². The molecule has 0 N–H and O–H groups in total. The number of hydrogen-bond donors (Lipinski definition) is 0. The first kappa shape index (κ1) is 23.1. The molecule has 0 unspecified atom stereocenters. The van der Waals surface area contributed by atoms with Gasteiger partial charge >= 0.3 is 7.12 Å². The Morgan fingerprint density at radius 3 is 2.13 bits per heavy atom. The molecule has 1 saturated heterocycles. The van der Waals surface area contributed by atoms with Crippen molar-refractivity contribution in [1.82, 2.24) is 15.0 Å². The van der Waals surface area contributed by atoms with E-state index in [0.717, 1.165) is 43.8 Å². The first-order valence-corrected chi connectivity index (χ1v) is 12.8. The summed E-state index contributed by atoms with van der Waals surface area (Å²) in [5.74, 6) is 1.11. The van der Waals surface area contributed by atoms with E-state index in [4.69, 9.17) is 28.7 Å². The van der Waals surface area contributed by atoms with Gasteiger partial charge in [0.15, 0.2) is 17.4 Å². The predicted molar refractivity (Wildman–Crippen MR) is 151 cm³/mol. The van der Waals surface area contributed by atoms with Gasteiger partial charge in [0.1, 0.15) is 11.2 Å². The number of hydrogen-bond acceptors (Lipinski definition) is 6. The smallest absolute Gasteiger partial charge is 0.456 e. The third kappa shape index (κ3) is 3.62. The maximum Gasteiger partial charge on any atom is 0.534 e. The van der Waals surface area contributed by atoms with Gasteiger partial charge in [-0.3, -0.25) is 0 Å². The normalized spacial score (nSPS) is 16.6. The van der Waals surface area contributed by atoms with Crippen molar-refractivity contribution in [2.75, 3.05) is 0 Å². The zero-order valence-corrected chi connectivity index (χ0v) is 21.7. The van der Waals surface area contributed by atoms with Crippen molar-refractivity contribution in [3.05, 3.63) is 84.9 Å². The Morgan fingerprint density at radius 1 is 0.632 bits per heavy atom. The fraction of sp³-hybridized carbons (Fsp3) is 0.194. The van der Waals surface area contributed by atoms with Crippen molar-refractivity contribution >= 4 is 45.6 Å². The van der Waals surface area contributed by atoms with Crippen molar-refractivity contribution in [2.24, 2.45) is 0 Å². The van der Waals surface area contributed by atoms with Crippen LogP contribution >= 0.6 is 0 Å². The lowest BCUT2D eigenvalue weighted by molar-refractivity contribution is 0.00578. The highest BCUT2D eigenvalue weighted by molar-refractivity contribution is 6.60.